The Bertz CT molecular complexity index is 2400. The van der Waals surface area contributed by atoms with Gasteiger partial charge in [0.05, 0.1) is 35.9 Å². The van der Waals surface area contributed by atoms with Crippen molar-refractivity contribution in [1.29, 1.82) is 0 Å². The fraction of sp³-hybridized carbons (Fsp3) is 0.333. The number of ether oxygens (including phenoxy) is 4. The molecule has 62 heavy (non-hydrogen) atoms. The average Bonchev–Trinajstić information content (AvgIpc) is 4.12. The highest BCUT2D eigenvalue weighted by molar-refractivity contribution is 5.85. The first-order valence-corrected chi connectivity index (χ1v) is 21.6. The quantitative estimate of drug-likeness (QED) is 0.107. The molecule has 4 saturated heterocycles. The summed E-state index contributed by atoms with van der Waals surface area (Å²) >= 11 is 0. The molecule has 4 aliphatic heterocycles. The summed E-state index contributed by atoms with van der Waals surface area (Å²) in [6.07, 6.45) is 7.67. The Hall–Kier alpha value is -6.00. The number of carbonyl (C=O) groups excluding carboxylic acids is 2. The van der Waals surface area contributed by atoms with Crippen molar-refractivity contribution in [2.45, 2.75) is 75.5 Å². The van der Waals surface area contributed by atoms with E-state index in [0.717, 1.165) is 83.8 Å². The molecule has 6 aromatic rings. The fourth-order valence-electron chi connectivity index (χ4n) is 9.59. The van der Waals surface area contributed by atoms with Gasteiger partial charge in [-0.15, -0.1) is 0 Å². The van der Waals surface area contributed by atoms with E-state index in [1.165, 1.54) is 22.3 Å². The van der Waals surface area contributed by atoms with E-state index in [-0.39, 0.29) is 37.5 Å². The first-order valence-electron chi connectivity index (χ1n) is 21.6. The highest BCUT2D eigenvalue weighted by atomic mass is 16.9. The van der Waals surface area contributed by atoms with E-state index in [2.05, 4.69) is 57.0 Å². The molecule has 14 heteroatoms. The van der Waals surface area contributed by atoms with Crippen molar-refractivity contribution >= 4 is 11.8 Å². The molecule has 0 bridgehead atoms. The minimum absolute atomic E-state index is 0.0246. The molecular formula is C48H48N8O6. The normalized spacial score (nSPS) is 20.9. The number of rotatable bonds is 12. The number of fused-ring (bicyclic) bond motifs is 2. The third kappa shape index (κ3) is 7.52. The lowest BCUT2D eigenvalue weighted by Gasteiger charge is -2.34. The summed E-state index contributed by atoms with van der Waals surface area (Å²) in [5.41, 5.74) is 10.9. The Labute approximate surface area is 359 Å². The number of amides is 2. The van der Waals surface area contributed by atoms with E-state index in [0.29, 0.717) is 13.1 Å². The fourth-order valence-corrected chi connectivity index (χ4v) is 9.59. The van der Waals surface area contributed by atoms with Gasteiger partial charge in [-0.25, -0.2) is 9.97 Å². The van der Waals surface area contributed by atoms with Crippen molar-refractivity contribution < 1.29 is 28.5 Å². The van der Waals surface area contributed by atoms with Gasteiger partial charge in [0.2, 0.25) is 24.6 Å². The summed E-state index contributed by atoms with van der Waals surface area (Å²) in [6, 6.07) is 31.3. The van der Waals surface area contributed by atoms with Crippen LogP contribution in [0.2, 0.25) is 0 Å². The number of hydrogen-bond donors (Lipinski definition) is 4. The second-order valence-electron chi connectivity index (χ2n) is 16.7. The first-order chi connectivity index (χ1) is 30.5. The van der Waals surface area contributed by atoms with Crippen molar-refractivity contribution in [3.63, 3.8) is 0 Å². The highest BCUT2D eigenvalue weighted by Gasteiger charge is 2.40. The van der Waals surface area contributed by atoms with Gasteiger partial charge in [-0.2, -0.15) is 0 Å². The van der Waals surface area contributed by atoms with E-state index in [1.54, 1.807) is 0 Å². The van der Waals surface area contributed by atoms with Crippen LogP contribution in [0.4, 0.5) is 0 Å². The van der Waals surface area contributed by atoms with E-state index in [1.807, 2.05) is 82.9 Å². The Balaban J connectivity index is 0.771. The highest BCUT2D eigenvalue weighted by Crippen LogP contribution is 2.38. The molecule has 0 unspecified atom stereocenters. The van der Waals surface area contributed by atoms with Gasteiger partial charge in [0.1, 0.15) is 23.7 Å². The van der Waals surface area contributed by atoms with Gasteiger partial charge in [0, 0.05) is 13.1 Å². The minimum atomic E-state index is -0.609. The van der Waals surface area contributed by atoms with Crippen LogP contribution in [0, 0.1) is 0 Å². The van der Waals surface area contributed by atoms with E-state index < -0.39 is 24.9 Å². The third-order valence-corrected chi connectivity index (χ3v) is 12.9. The van der Waals surface area contributed by atoms with Gasteiger partial charge in [-0.3, -0.25) is 20.2 Å². The van der Waals surface area contributed by atoms with Crippen molar-refractivity contribution in [3.8, 4) is 22.5 Å². The number of aromatic amines is 2. The van der Waals surface area contributed by atoms with Gasteiger partial charge in [0.25, 0.3) is 0 Å². The third-order valence-electron chi connectivity index (χ3n) is 12.9. The number of imidazole rings is 2. The Morgan fingerprint density at radius 3 is 1.42 bits per heavy atom. The number of H-pyrrole nitrogens is 2. The van der Waals surface area contributed by atoms with Gasteiger partial charge in [-0.1, -0.05) is 84.9 Å². The van der Waals surface area contributed by atoms with Crippen LogP contribution in [-0.4, -0.2) is 81.1 Å². The van der Waals surface area contributed by atoms with Crippen molar-refractivity contribution in [2.24, 2.45) is 0 Å². The van der Waals surface area contributed by atoms with Crippen LogP contribution in [0.25, 0.3) is 22.5 Å². The predicted octanol–water partition coefficient (Wildman–Crippen LogP) is 6.53. The summed E-state index contributed by atoms with van der Waals surface area (Å²) in [5.74, 6) is 1.54. The molecule has 0 spiro atoms. The molecule has 11 rings (SSSR count). The lowest BCUT2D eigenvalue weighted by Crippen LogP contribution is -2.50. The maximum absolute atomic E-state index is 14.1. The molecule has 2 amide bonds. The van der Waals surface area contributed by atoms with Gasteiger partial charge in [-0.05, 0) is 95.2 Å². The zero-order valence-corrected chi connectivity index (χ0v) is 34.2. The SMILES string of the molecule is O=C([C@H](NC1OCO1)c1ccccc1)N1CCC[C@H]1c1ncc(-c2ccc3c(c2)Cc2ccc(-c4cnc([C@@H]5CCCN5C(=O)[C@H](NC5OCO5)c5ccccc5)[nH]4)cc2C3)[nH]1. The Kier molecular flexibility index (Phi) is 10.5. The summed E-state index contributed by atoms with van der Waals surface area (Å²) < 4.78 is 21.8. The van der Waals surface area contributed by atoms with Gasteiger partial charge < -0.3 is 38.7 Å². The smallest absolute Gasteiger partial charge is 0.245 e. The lowest BCUT2D eigenvalue weighted by molar-refractivity contribution is -0.335. The number of hydrogen-bond acceptors (Lipinski definition) is 10. The molecule has 316 valence electrons. The second-order valence-corrected chi connectivity index (χ2v) is 16.7. The molecule has 1 aliphatic carbocycles. The van der Waals surface area contributed by atoms with Crippen LogP contribution in [0.3, 0.4) is 0 Å². The largest absolute Gasteiger partial charge is 0.340 e. The number of nitrogens with zero attached hydrogens (tertiary/aromatic N) is 4. The molecule has 0 radical (unpaired) electrons. The average molecular weight is 833 g/mol. The van der Waals surface area contributed by atoms with Crippen LogP contribution in [0.15, 0.2) is 109 Å². The van der Waals surface area contributed by atoms with Crippen LogP contribution in [-0.2, 0) is 41.4 Å². The van der Waals surface area contributed by atoms with E-state index in [9.17, 15) is 9.59 Å². The molecule has 4 aromatic carbocycles. The van der Waals surface area contributed by atoms with Crippen molar-refractivity contribution in [2.75, 3.05) is 26.7 Å². The molecule has 14 nitrogen and oxygen atoms in total. The van der Waals surface area contributed by atoms with E-state index in [4.69, 9.17) is 28.9 Å². The molecule has 2 aromatic heterocycles. The number of carbonyl (C=O) groups is 2. The zero-order chi connectivity index (χ0) is 41.6. The number of aromatic nitrogens is 4. The minimum Gasteiger partial charge on any atom is -0.340 e. The zero-order valence-electron chi connectivity index (χ0n) is 34.2. The van der Waals surface area contributed by atoms with Gasteiger partial charge in [0.15, 0.2) is 13.6 Å². The maximum Gasteiger partial charge on any atom is 0.245 e. The molecular weight excluding hydrogens is 785 g/mol. The van der Waals surface area contributed by atoms with Crippen molar-refractivity contribution in [1.82, 2.24) is 40.4 Å². The second kappa shape index (κ2) is 16.7. The monoisotopic (exact) mass is 832 g/mol. The molecule has 0 saturated carbocycles. The first kappa shape index (κ1) is 38.9. The number of benzene rings is 4. The summed E-state index contributed by atoms with van der Waals surface area (Å²) in [4.78, 5) is 48.9. The molecule has 5 aliphatic rings. The maximum atomic E-state index is 14.1. The Morgan fingerprint density at radius 2 is 1.02 bits per heavy atom. The molecule has 4 fully saturated rings. The topological polar surface area (TPSA) is 159 Å². The van der Waals surface area contributed by atoms with Crippen molar-refractivity contribution in [3.05, 3.63) is 154 Å². The molecule has 4 atom stereocenters. The van der Waals surface area contributed by atoms with Crippen LogP contribution in [0.5, 0.6) is 0 Å². The summed E-state index contributed by atoms with van der Waals surface area (Å²) in [7, 11) is 0. The number of likely N-dealkylation sites (tertiary alicyclic amines) is 2. The summed E-state index contributed by atoms with van der Waals surface area (Å²) in [6.45, 7) is 1.74. The standard InChI is InChI=1S/C48H48N8O6/c57-45(41(53-47-59-27-60-47)29-9-3-1-4-10-29)55-19-7-13-39(55)43-49-25-37(51-43)33-17-15-31-22-36-24-34(18-16-32(36)21-35(31)23-33)38-26-50-44(52-38)40-14-8-20-56(40)46(58)42(54-48-61-28-62-48)30-11-5-2-6-12-30/h1-6,9-12,15-18,23-26,39-42,47-48,53-54H,7-8,13-14,19-22,27-28H2,(H,49,51)(H,50,52)/t39-,40-,41+,42+/m0/s1. The predicted molar refractivity (Wildman–Crippen MR) is 227 cm³/mol. The lowest BCUT2D eigenvalue weighted by atomic mass is 9.84. The number of nitrogens with one attached hydrogen (secondary N) is 4. The summed E-state index contributed by atoms with van der Waals surface area (Å²) in [5, 5.41) is 6.47. The Morgan fingerprint density at radius 1 is 0.581 bits per heavy atom. The van der Waals surface area contributed by atoms with Crippen LogP contribution < -0.4 is 10.6 Å². The molecule has 6 heterocycles. The van der Waals surface area contributed by atoms with Crippen LogP contribution in [0.1, 0.15) is 94.9 Å². The van der Waals surface area contributed by atoms with Gasteiger partial charge >= 0.3 is 0 Å². The van der Waals surface area contributed by atoms with Crippen LogP contribution >= 0.6 is 0 Å². The van der Waals surface area contributed by atoms with E-state index >= 15 is 0 Å². The molecule has 4 N–H and O–H groups in total.